The minimum absolute atomic E-state index is 0.367. The third-order valence-electron chi connectivity index (χ3n) is 9.06. The third-order valence-corrected chi connectivity index (χ3v) is 11.1. The molecule has 0 aromatic rings. The number of fused-ring (bicyclic) bond motifs is 5. The van der Waals surface area contributed by atoms with Crippen molar-refractivity contribution in [2.45, 2.75) is 110 Å². The van der Waals surface area contributed by atoms with Gasteiger partial charge in [0.15, 0.2) is 16.6 Å². The summed E-state index contributed by atoms with van der Waals surface area (Å²) in [5.74, 6) is 3.47. The first-order valence-corrected chi connectivity index (χ1v) is 19.2. The van der Waals surface area contributed by atoms with Gasteiger partial charge in [0.25, 0.3) is 0 Å². The summed E-state index contributed by atoms with van der Waals surface area (Å²) in [5.41, 5.74) is 0.813. The van der Waals surface area contributed by atoms with E-state index in [4.69, 9.17) is 8.85 Å². The van der Waals surface area contributed by atoms with Crippen LogP contribution in [0.25, 0.3) is 0 Å². The monoisotopic (exact) mass is 434 g/mol. The summed E-state index contributed by atoms with van der Waals surface area (Å²) in [5, 5.41) is 0. The van der Waals surface area contributed by atoms with Crippen molar-refractivity contribution in [1.82, 2.24) is 0 Å². The van der Waals surface area contributed by atoms with E-state index in [2.05, 4.69) is 65.3 Å². The van der Waals surface area contributed by atoms with Gasteiger partial charge in [0.05, 0.1) is 12.2 Å². The fraction of sp³-hybridized carbons (Fsp3) is 0.920. The molecule has 0 aromatic heterocycles. The molecule has 0 aliphatic heterocycles. The molecule has 0 heterocycles. The lowest BCUT2D eigenvalue weighted by Crippen LogP contribution is -2.54. The quantitative estimate of drug-likeness (QED) is 0.343. The highest BCUT2D eigenvalue weighted by atomic mass is 28.4. The minimum atomic E-state index is -1.48. The molecule has 0 saturated heterocycles. The molecule has 2 nitrogen and oxygen atoms in total. The number of rotatable bonds is 4. The van der Waals surface area contributed by atoms with Gasteiger partial charge in [-0.25, -0.2) is 0 Å². The van der Waals surface area contributed by atoms with E-state index >= 15 is 0 Å². The lowest BCUT2D eigenvalue weighted by Gasteiger charge is -2.59. The summed E-state index contributed by atoms with van der Waals surface area (Å²) in [6.07, 6.45) is 15.5. The number of hydrogen-bond acceptors (Lipinski definition) is 2. The van der Waals surface area contributed by atoms with Gasteiger partial charge in [-0.2, -0.15) is 0 Å². The number of hydrogen-bond donors (Lipinski definition) is 0. The Morgan fingerprint density at radius 2 is 1.48 bits per heavy atom. The fourth-order valence-electron chi connectivity index (χ4n) is 7.89. The average molecular weight is 435 g/mol. The highest BCUT2D eigenvalue weighted by Gasteiger charge is 2.60. The summed E-state index contributed by atoms with van der Waals surface area (Å²) in [4.78, 5) is 0. The van der Waals surface area contributed by atoms with Crippen molar-refractivity contribution in [2.75, 3.05) is 0 Å². The van der Waals surface area contributed by atoms with E-state index in [0.717, 1.165) is 23.7 Å². The van der Waals surface area contributed by atoms with Crippen LogP contribution in [0.5, 0.6) is 0 Å². The lowest BCUT2D eigenvalue weighted by molar-refractivity contribution is -0.0958. The van der Waals surface area contributed by atoms with Gasteiger partial charge >= 0.3 is 0 Å². The molecule has 0 bridgehead atoms. The van der Waals surface area contributed by atoms with Crippen LogP contribution in [0.3, 0.4) is 0 Å². The highest BCUT2D eigenvalue weighted by Crippen LogP contribution is 2.65. The van der Waals surface area contributed by atoms with Crippen molar-refractivity contribution in [2.24, 2.45) is 34.5 Å². The van der Waals surface area contributed by atoms with Gasteiger partial charge in [-0.15, -0.1) is 0 Å². The van der Waals surface area contributed by atoms with Gasteiger partial charge < -0.3 is 8.85 Å². The molecule has 29 heavy (non-hydrogen) atoms. The Labute approximate surface area is 182 Å². The van der Waals surface area contributed by atoms with Crippen LogP contribution in [0.2, 0.25) is 39.3 Å². The standard InChI is InChI=1S/C25H46O2Si2/c1-24-15-13-19(26-28(3,4)5)17-18(24)9-10-20-21-11-12-23(27-29(6,7)8)25(21,2)16-14-22(20)24/h13,15,18-23H,9-12,14,16-17H2,1-8H3/t18-,19-,20?,21?,22?,23-,24-,25-/m0/s1. The van der Waals surface area contributed by atoms with E-state index in [9.17, 15) is 0 Å². The maximum atomic E-state index is 6.76. The highest BCUT2D eigenvalue weighted by molar-refractivity contribution is 6.70. The Morgan fingerprint density at radius 3 is 2.14 bits per heavy atom. The second-order valence-electron chi connectivity index (χ2n) is 13.2. The molecular weight excluding hydrogens is 388 g/mol. The molecule has 0 spiro atoms. The zero-order valence-corrected chi connectivity index (χ0v) is 22.4. The van der Waals surface area contributed by atoms with Crippen LogP contribution in [0.15, 0.2) is 12.2 Å². The van der Waals surface area contributed by atoms with Crippen molar-refractivity contribution in [3.05, 3.63) is 12.2 Å². The molecule has 0 amide bonds. The molecule has 0 aromatic carbocycles. The molecule has 0 radical (unpaired) electrons. The zero-order chi connectivity index (χ0) is 21.2. The molecule has 3 saturated carbocycles. The smallest absolute Gasteiger partial charge is 0.184 e. The van der Waals surface area contributed by atoms with E-state index in [-0.39, 0.29) is 0 Å². The van der Waals surface area contributed by atoms with E-state index in [1.165, 1.54) is 44.9 Å². The van der Waals surface area contributed by atoms with Crippen molar-refractivity contribution < 1.29 is 8.85 Å². The molecule has 4 aliphatic carbocycles. The normalized spacial score (nSPS) is 47.4. The maximum Gasteiger partial charge on any atom is 0.184 e. The predicted octanol–water partition coefficient (Wildman–Crippen LogP) is 7.25. The predicted molar refractivity (Wildman–Crippen MR) is 128 cm³/mol. The fourth-order valence-corrected chi connectivity index (χ4v) is 10.2. The molecule has 8 atom stereocenters. The Kier molecular flexibility index (Phi) is 5.62. The van der Waals surface area contributed by atoms with E-state index in [1.807, 2.05) is 0 Å². The Bertz CT molecular complexity index is 648. The molecule has 0 N–H and O–H groups in total. The van der Waals surface area contributed by atoms with Gasteiger partial charge in [0, 0.05) is 0 Å². The van der Waals surface area contributed by atoms with Crippen molar-refractivity contribution in [3.8, 4) is 0 Å². The average Bonchev–Trinajstić information content (AvgIpc) is 2.89. The van der Waals surface area contributed by atoms with Gasteiger partial charge in [0.2, 0.25) is 0 Å². The summed E-state index contributed by atoms with van der Waals surface area (Å²) in [6, 6.07) is 0. The lowest BCUT2D eigenvalue weighted by atomic mass is 9.46. The first-order chi connectivity index (χ1) is 13.3. The Hall–Kier alpha value is 0.0938. The Morgan fingerprint density at radius 1 is 0.793 bits per heavy atom. The van der Waals surface area contributed by atoms with Crippen LogP contribution >= 0.6 is 0 Å². The van der Waals surface area contributed by atoms with E-state index in [1.54, 1.807) is 0 Å². The molecule has 3 fully saturated rings. The van der Waals surface area contributed by atoms with Crippen LogP contribution in [-0.4, -0.2) is 28.8 Å². The summed E-state index contributed by atoms with van der Waals surface area (Å²) >= 11 is 0. The molecule has 3 unspecified atom stereocenters. The van der Waals surface area contributed by atoms with Crippen molar-refractivity contribution >= 4 is 16.6 Å². The van der Waals surface area contributed by atoms with Crippen LogP contribution in [0.1, 0.15) is 58.8 Å². The first-order valence-electron chi connectivity index (χ1n) is 12.4. The topological polar surface area (TPSA) is 18.5 Å². The van der Waals surface area contributed by atoms with E-state index in [0.29, 0.717) is 23.0 Å². The molecule has 4 heteroatoms. The molecule has 4 rings (SSSR count). The second-order valence-corrected chi connectivity index (χ2v) is 22.1. The second kappa shape index (κ2) is 7.32. The minimum Gasteiger partial charge on any atom is -0.414 e. The third kappa shape index (κ3) is 4.13. The Balaban J connectivity index is 1.53. The van der Waals surface area contributed by atoms with Gasteiger partial charge in [0.1, 0.15) is 0 Å². The molecular formula is C25H46O2Si2. The summed E-state index contributed by atoms with van der Waals surface area (Å²) in [6.45, 7) is 19.3. The van der Waals surface area contributed by atoms with Gasteiger partial charge in [-0.05, 0) is 119 Å². The first kappa shape index (κ1) is 22.3. The SMILES string of the molecule is C[C@]12CCC3C(CC[C@H]4C[C@@H](O[Si](C)(C)C)C=C[C@]34C)C1CC[C@@H]2O[Si](C)(C)C. The molecule has 166 valence electrons. The maximum absolute atomic E-state index is 6.76. The van der Waals surface area contributed by atoms with Crippen molar-refractivity contribution in [3.63, 3.8) is 0 Å². The van der Waals surface area contributed by atoms with Crippen LogP contribution in [0, 0.1) is 34.5 Å². The number of allylic oxidation sites excluding steroid dienone is 1. The molecule has 4 aliphatic rings. The van der Waals surface area contributed by atoms with Crippen LogP contribution < -0.4 is 0 Å². The summed E-state index contributed by atoms with van der Waals surface area (Å²) < 4.78 is 13.2. The van der Waals surface area contributed by atoms with Crippen molar-refractivity contribution in [1.29, 1.82) is 0 Å². The van der Waals surface area contributed by atoms with Crippen LogP contribution in [-0.2, 0) is 8.85 Å². The van der Waals surface area contributed by atoms with Crippen LogP contribution in [0.4, 0.5) is 0 Å². The van der Waals surface area contributed by atoms with Gasteiger partial charge in [-0.1, -0.05) is 26.0 Å². The van der Waals surface area contributed by atoms with Gasteiger partial charge in [-0.3, -0.25) is 0 Å². The van der Waals surface area contributed by atoms with E-state index < -0.39 is 16.6 Å². The zero-order valence-electron chi connectivity index (χ0n) is 20.4. The largest absolute Gasteiger partial charge is 0.414 e. The summed E-state index contributed by atoms with van der Waals surface area (Å²) in [7, 11) is -2.96.